The van der Waals surface area contributed by atoms with Gasteiger partial charge in [0.25, 0.3) is 5.91 Å². The van der Waals surface area contributed by atoms with Crippen molar-refractivity contribution in [2.24, 2.45) is 0 Å². The molecule has 2 heterocycles. The summed E-state index contributed by atoms with van der Waals surface area (Å²) in [6, 6.07) is 9.35. The minimum Gasteiger partial charge on any atom is -0.483 e. The fraction of sp³-hybridized carbons (Fsp3) is 0.478. The molecule has 0 aliphatic carbocycles. The molecule has 0 saturated carbocycles. The number of aromatic nitrogens is 1. The third-order valence-electron chi connectivity index (χ3n) is 5.56. The number of halogens is 1. The molecule has 1 saturated heterocycles. The van der Waals surface area contributed by atoms with Crippen LogP contribution in [0.1, 0.15) is 30.9 Å². The Labute approximate surface area is 200 Å². The minimum absolute atomic E-state index is 0.0294. The smallest absolute Gasteiger partial charge is 0.257 e. The number of aryl methyl sites for hydroxylation is 1. The first-order valence-corrected chi connectivity index (χ1v) is 13.0. The van der Waals surface area contributed by atoms with Crippen molar-refractivity contribution < 1.29 is 17.9 Å². The van der Waals surface area contributed by atoms with Gasteiger partial charge in [-0.1, -0.05) is 31.5 Å². The van der Waals surface area contributed by atoms with Crippen molar-refractivity contribution in [3.8, 4) is 5.75 Å². The van der Waals surface area contributed by atoms with E-state index in [0.717, 1.165) is 16.9 Å². The molecule has 3 rings (SSSR count). The summed E-state index contributed by atoms with van der Waals surface area (Å²) in [5.74, 6) is 1.12. The predicted molar refractivity (Wildman–Crippen MR) is 131 cm³/mol. The summed E-state index contributed by atoms with van der Waals surface area (Å²) in [7, 11) is -3.46. The van der Waals surface area contributed by atoms with Gasteiger partial charge in [-0.2, -0.15) is 4.31 Å². The Hall–Kier alpha value is -2.36. The predicted octanol–water partition coefficient (Wildman–Crippen LogP) is 2.81. The van der Waals surface area contributed by atoms with Gasteiger partial charge in [0.05, 0.1) is 5.75 Å². The molecule has 0 spiro atoms. The van der Waals surface area contributed by atoms with Gasteiger partial charge < -0.3 is 15.0 Å². The molecule has 2 aromatic rings. The summed E-state index contributed by atoms with van der Waals surface area (Å²) >= 11 is 6.21. The molecular formula is C23H31ClN4O4S. The summed E-state index contributed by atoms with van der Waals surface area (Å²) in [5, 5.41) is 3.30. The number of amides is 1. The zero-order valence-electron chi connectivity index (χ0n) is 19.3. The van der Waals surface area contributed by atoms with Crippen LogP contribution in [0.2, 0.25) is 5.02 Å². The number of benzene rings is 1. The lowest BCUT2D eigenvalue weighted by Gasteiger charge is -2.34. The molecule has 180 valence electrons. The molecule has 0 atom stereocenters. The van der Waals surface area contributed by atoms with E-state index in [1.165, 1.54) is 4.31 Å². The van der Waals surface area contributed by atoms with Crippen LogP contribution in [0.5, 0.6) is 5.75 Å². The highest BCUT2D eigenvalue weighted by Gasteiger charge is 2.27. The maximum Gasteiger partial charge on any atom is 0.257 e. The summed E-state index contributed by atoms with van der Waals surface area (Å²) in [5.41, 5.74) is 1.79. The molecule has 1 fully saturated rings. The maximum absolute atomic E-state index is 12.7. The number of anilines is 1. The largest absolute Gasteiger partial charge is 0.483 e. The van der Waals surface area contributed by atoms with Crippen molar-refractivity contribution in [1.29, 1.82) is 0 Å². The number of rotatable bonds is 9. The van der Waals surface area contributed by atoms with E-state index < -0.39 is 10.0 Å². The van der Waals surface area contributed by atoms with E-state index in [0.29, 0.717) is 37.0 Å². The van der Waals surface area contributed by atoms with Crippen LogP contribution in [0, 0.1) is 6.92 Å². The van der Waals surface area contributed by atoms with Gasteiger partial charge in [0.2, 0.25) is 10.0 Å². The average Bonchev–Trinajstić information content (AvgIpc) is 2.80. The van der Waals surface area contributed by atoms with Gasteiger partial charge in [-0.3, -0.25) is 4.79 Å². The van der Waals surface area contributed by atoms with E-state index in [1.807, 2.05) is 51.1 Å². The van der Waals surface area contributed by atoms with Crippen LogP contribution in [0.25, 0.3) is 0 Å². The highest BCUT2D eigenvalue weighted by atomic mass is 35.5. The van der Waals surface area contributed by atoms with E-state index in [4.69, 9.17) is 16.3 Å². The van der Waals surface area contributed by atoms with Crippen molar-refractivity contribution >= 4 is 33.3 Å². The Morgan fingerprint density at radius 3 is 2.58 bits per heavy atom. The van der Waals surface area contributed by atoms with Gasteiger partial charge in [-0.25, -0.2) is 13.4 Å². The monoisotopic (exact) mass is 494 g/mol. The Morgan fingerprint density at radius 2 is 1.94 bits per heavy atom. The van der Waals surface area contributed by atoms with Crippen LogP contribution in [-0.2, 0) is 14.8 Å². The molecule has 0 radical (unpaired) electrons. The highest BCUT2D eigenvalue weighted by molar-refractivity contribution is 7.89. The first-order chi connectivity index (χ1) is 15.7. The second-order valence-corrected chi connectivity index (χ2v) is 10.8. The van der Waals surface area contributed by atoms with Gasteiger partial charge in [-0.15, -0.1) is 0 Å². The zero-order chi connectivity index (χ0) is 24.0. The highest BCUT2D eigenvalue weighted by Crippen LogP contribution is 2.31. The Balaban J connectivity index is 1.44. The number of nitrogens with one attached hydrogen (secondary N) is 1. The molecule has 1 aromatic carbocycles. The SMILES string of the molecule is Cc1cc(OCC(=O)NCCS(=O)(=O)N2CCN(c3ccccn3)CC2)c(C(C)C)cc1Cl. The van der Waals surface area contributed by atoms with Crippen molar-refractivity contribution in [3.05, 3.63) is 52.7 Å². The quantitative estimate of drug-likeness (QED) is 0.576. The number of nitrogens with zero attached hydrogens (tertiary/aromatic N) is 3. The average molecular weight is 495 g/mol. The zero-order valence-corrected chi connectivity index (χ0v) is 20.8. The van der Waals surface area contributed by atoms with Crippen molar-refractivity contribution in [1.82, 2.24) is 14.6 Å². The van der Waals surface area contributed by atoms with Crippen molar-refractivity contribution in [2.45, 2.75) is 26.7 Å². The second-order valence-electron chi connectivity index (χ2n) is 8.32. The standard InChI is InChI=1S/C23H31ClN4O4S/c1-17(2)19-15-20(24)18(3)14-21(19)32-16-23(29)26-8-13-33(30,31)28-11-9-27(10-12-28)22-6-4-5-7-25-22/h4-7,14-15,17H,8-13,16H2,1-3H3,(H,26,29). The van der Waals surface area contributed by atoms with Crippen molar-refractivity contribution in [2.75, 3.05) is 50.0 Å². The van der Waals surface area contributed by atoms with Gasteiger partial charge in [0.15, 0.2) is 6.61 Å². The van der Waals surface area contributed by atoms with Crippen LogP contribution in [0.15, 0.2) is 36.5 Å². The lowest BCUT2D eigenvalue weighted by molar-refractivity contribution is -0.122. The summed E-state index contributed by atoms with van der Waals surface area (Å²) in [6.07, 6.45) is 1.72. The minimum atomic E-state index is -3.46. The molecule has 8 nitrogen and oxygen atoms in total. The van der Waals surface area contributed by atoms with E-state index >= 15 is 0 Å². The molecular weight excluding hydrogens is 464 g/mol. The topological polar surface area (TPSA) is 91.8 Å². The maximum atomic E-state index is 12.7. The third-order valence-corrected chi connectivity index (χ3v) is 7.84. The molecule has 1 aromatic heterocycles. The first kappa shape index (κ1) is 25.3. The van der Waals surface area contributed by atoms with E-state index in [2.05, 4.69) is 15.2 Å². The second kappa shape index (κ2) is 11.2. The van der Waals surface area contributed by atoms with Crippen LogP contribution < -0.4 is 15.0 Å². The van der Waals surface area contributed by atoms with E-state index in [1.54, 1.807) is 6.20 Å². The summed E-state index contributed by atoms with van der Waals surface area (Å²) < 4.78 is 32.5. The lowest BCUT2D eigenvalue weighted by atomic mass is 10.0. The Kier molecular flexibility index (Phi) is 8.56. The van der Waals surface area contributed by atoms with E-state index in [9.17, 15) is 13.2 Å². The Bertz CT molecular complexity index is 1060. The van der Waals surface area contributed by atoms with Crippen LogP contribution in [-0.4, -0.2) is 68.7 Å². The number of carbonyl (C=O) groups is 1. The molecule has 1 aliphatic rings. The normalized spacial score (nSPS) is 15.0. The van der Waals surface area contributed by atoms with E-state index in [-0.39, 0.29) is 30.7 Å². The van der Waals surface area contributed by atoms with Gasteiger partial charge in [-0.05, 0) is 48.2 Å². The van der Waals surface area contributed by atoms with Crippen LogP contribution >= 0.6 is 11.6 Å². The number of hydrogen-bond acceptors (Lipinski definition) is 6. The number of ether oxygens (including phenoxy) is 1. The molecule has 1 N–H and O–H groups in total. The summed E-state index contributed by atoms with van der Waals surface area (Å²) in [4.78, 5) is 18.6. The summed E-state index contributed by atoms with van der Waals surface area (Å²) in [6.45, 7) is 7.70. The molecule has 0 unspecified atom stereocenters. The fourth-order valence-electron chi connectivity index (χ4n) is 3.63. The van der Waals surface area contributed by atoms with Crippen LogP contribution in [0.4, 0.5) is 5.82 Å². The molecule has 33 heavy (non-hydrogen) atoms. The van der Waals surface area contributed by atoms with Crippen LogP contribution in [0.3, 0.4) is 0 Å². The Morgan fingerprint density at radius 1 is 1.21 bits per heavy atom. The number of piperazine rings is 1. The number of hydrogen-bond donors (Lipinski definition) is 1. The molecule has 1 amide bonds. The number of pyridine rings is 1. The van der Waals surface area contributed by atoms with Crippen molar-refractivity contribution in [3.63, 3.8) is 0 Å². The lowest BCUT2D eigenvalue weighted by Crippen LogP contribution is -2.50. The molecule has 1 aliphatic heterocycles. The van der Waals surface area contributed by atoms with Gasteiger partial charge in [0, 0.05) is 43.9 Å². The fourth-order valence-corrected chi connectivity index (χ4v) is 5.14. The number of sulfonamides is 1. The molecule has 10 heteroatoms. The number of carbonyl (C=O) groups excluding carboxylic acids is 1. The van der Waals surface area contributed by atoms with Gasteiger partial charge >= 0.3 is 0 Å². The van der Waals surface area contributed by atoms with Gasteiger partial charge in [0.1, 0.15) is 11.6 Å². The first-order valence-electron chi connectivity index (χ1n) is 11.0. The molecule has 0 bridgehead atoms. The third kappa shape index (κ3) is 6.82.